The Balaban J connectivity index is 0.00000208. The summed E-state index contributed by atoms with van der Waals surface area (Å²) in [6.45, 7) is 0.662. The highest BCUT2D eigenvalue weighted by Gasteiger charge is 2.43. The monoisotopic (exact) mass is 363 g/mol. The number of carbonyl (C=O) groups is 1. The second-order valence-electron chi connectivity index (χ2n) is 6.24. The molecule has 2 aliphatic heterocycles. The van der Waals surface area contributed by atoms with E-state index in [2.05, 4.69) is 10.6 Å². The van der Waals surface area contributed by atoms with Crippen LogP contribution in [0, 0.1) is 5.82 Å². The Morgan fingerprint density at radius 1 is 1.21 bits per heavy atom. The number of hydrogen-bond acceptors (Lipinski definition) is 3. The van der Waals surface area contributed by atoms with Gasteiger partial charge in [-0.15, -0.1) is 12.4 Å². The fourth-order valence-corrected chi connectivity index (χ4v) is 3.14. The van der Waals surface area contributed by atoms with Gasteiger partial charge in [0.15, 0.2) is 0 Å². The average Bonchev–Trinajstić information content (AvgIpc) is 2.90. The van der Waals surface area contributed by atoms with Gasteiger partial charge in [-0.05, 0) is 37.1 Å². The van der Waals surface area contributed by atoms with E-state index in [0.29, 0.717) is 13.1 Å². The molecule has 2 saturated heterocycles. The van der Waals surface area contributed by atoms with Gasteiger partial charge >= 0.3 is 0 Å². The molecule has 4 nitrogen and oxygen atoms in total. The van der Waals surface area contributed by atoms with Crippen molar-refractivity contribution in [1.29, 1.82) is 0 Å². The fraction of sp³-hybridized carbons (Fsp3) is 0.562. The normalized spacial score (nSPS) is 23.6. The highest BCUT2D eigenvalue weighted by atomic mass is 35.5. The van der Waals surface area contributed by atoms with Gasteiger partial charge in [-0.25, -0.2) is 13.2 Å². The first-order valence-corrected chi connectivity index (χ1v) is 7.85. The zero-order valence-corrected chi connectivity index (χ0v) is 13.9. The summed E-state index contributed by atoms with van der Waals surface area (Å²) in [6, 6.07) is 5.57. The summed E-state index contributed by atoms with van der Waals surface area (Å²) >= 11 is 0. The molecular weight excluding hydrogens is 343 g/mol. The first kappa shape index (κ1) is 18.9. The van der Waals surface area contributed by atoms with Crippen molar-refractivity contribution < 1.29 is 18.0 Å². The molecule has 2 fully saturated rings. The predicted octanol–water partition coefficient (Wildman–Crippen LogP) is 2.65. The Hall–Kier alpha value is -1.47. The van der Waals surface area contributed by atoms with Crippen molar-refractivity contribution in [1.82, 2.24) is 10.2 Å². The van der Waals surface area contributed by atoms with Crippen LogP contribution in [0.1, 0.15) is 19.3 Å². The van der Waals surface area contributed by atoms with Gasteiger partial charge in [0.2, 0.25) is 5.91 Å². The molecule has 0 aromatic heterocycles. The number of piperidine rings is 1. The lowest BCUT2D eigenvalue weighted by Gasteiger charge is -2.34. The molecule has 0 radical (unpaired) electrons. The molecular formula is C16H21ClF3N3O. The molecule has 8 heteroatoms. The molecule has 1 aromatic rings. The first-order valence-electron chi connectivity index (χ1n) is 7.85. The molecule has 1 amide bonds. The second-order valence-corrected chi connectivity index (χ2v) is 6.24. The maximum atomic E-state index is 13.2. The van der Waals surface area contributed by atoms with E-state index in [1.807, 2.05) is 0 Å². The number of halogens is 4. The van der Waals surface area contributed by atoms with Gasteiger partial charge in [-0.1, -0.05) is 0 Å². The predicted molar refractivity (Wildman–Crippen MR) is 88.2 cm³/mol. The number of hydrogen-bond donors (Lipinski definition) is 2. The quantitative estimate of drug-likeness (QED) is 0.867. The third-order valence-electron chi connectivity index (χ3n) is 4.43. The van der Waals surface area contributed by atoms with Crippen molar-refractivity contribution in [2.75, 3.05) is 25.0 Å². The summed E-state index contributed by atoms with van der Waals surface area (Å²) in [5.41, 5.74) is 0.841. The highest BCUT2D eigenvalue weighted by Crippen LogP contribution is 2.27. The van der Waals surface area contributed by atoms with E-state index in [9.17, 15) is 18.0 Å². The zero-order valence-electron chi connectivity index (χ0n) is 13.1. The van der Waals surface area contributed by atoms with Gasteiger partial charge in [-0.2, -0.15) is 0 Å². The van der Waals surface area contributed by atoms with E-state index < -0.39 is 24.9 Å². The fourth-order valence-electron chi connectivity index (χ4n) is 3.14. The van der Waals surface area contributed by atoms with Gasteiger partial charge in [0.1, 0.15) is 5.82 Å². The Morgan fingerprint density at radius 2 is 1.83 bits per heavy atom. The van der Waals surface area contributed by atoms with E-state index >= 15 is 0 Å². The Labute approximate surface area is 145 Å². The topological polar surface area (TPSA) is 44.4 Å². The number of carbonyl (C=O) groups excluding carboxylic acids is 1. The molecule has 1 aromatic carbocycles. The van der Waals surface area contributed by atoms with Crippen molar-refractivity contribution in [2.45, 2.75) is 37.3 Å². The van der Waals surface area contributed by atoms with Crippen LogP contribution in [-0.2, 0) is 4.79 Å². The number of anilines is 1. The van der Waals surface area contributed by atoms with Crippen LogP contribution in [0.25, 0.3) is 0 Å². The molecule has 1 atom stereocenters. The summed E-state index contributed by atoms with van der Waals surface area (Å²) in [4.78, 5) is 13.9. The van der Waals surface area contributed by atoms with E-state index in [1.54, 1.807) is 17.0 Å². The molecule has 2 aliphatic rings. The molecule has 3 rings (SSSR count). The van der Waals surface area contributed by atoms with Gasteiger partial charge in [0.25, 0.3) is 5.92 Å². The molecule has 134 valence electrons. The van der Waals surface area contributed by atoms with E-state index in [1.165, 1.54) is 12.1 Å². The number of amides is 1. The SMILES string of the molecule is Cl.O=C(C1CC(F)(F)CN1)N1CCC(Nc2ccc(F)cc2)CC1. The van der Waals surface area contributed by atoms with Crippen molar-refractivity contribution >= 4 is 24.0 Å². The van der Waals surface area contributed by atoms with Crippen LogP contribution in [0.5, 0.6) is 0 Å². The number of nitrogens with zero attached hydrogens (tertiary/aromatic N) is 1. The van der Waals surface area contributed by atoms with Gasteiger partial charge in [0, 0.05) is 31.2 Å². The summed E-state index contributed by atoms with van der Waals surface area (Å²) in [7, 11) is 0. The molecule has 0 aliphatic carbocycles. The molecule has 0 spiro atoms. The first-order chi connectivity index (χ1) is 10.9. The Kier molecular flexibility index (Phi) is 5.98. The van der Waals surface area contributed by atoms with Crippen molar-refractivity contribution in [3.05, 3.63) is 30.1 Å². The maximum Gasteiger partial charge on any atom is 0.262 e. The summed E-state index contributed by atoms with van der Waals surface area (Å²) in [5.74, 6) is -3.30. The van der Waals surface area contributed by atoms with Gasteiger partial charge < -0.3 is 10.2 Å². The highest BCUT2D eigenvalue weighted by molar-refractivity contribution is 5.85. The lowest BCUT2D eigenvalue weighted by molar-refractivity contribution is -0.134. The number of benzene rings is 1. The van der Waals surface area contributed by atoms with E-state index in [0.717, 1.165) is 18.5 Å². The number of alkyl halides is 2. The number of nitrogens with one attached hydrogen (secondary N) is 2. The summed E-state index contributed by atoms with van der Waals surface area (Å²) in [5, 5.41) is 5.92. The third kappa shape index (κ3) is 4.54. The third-order valence-corrected chi connectivity index (χ3v) is 4.43. The van der Waals surface area contributed by atoms with Crippen molar-refractivity contribution in [2.24, 2.45) is 0 Å². The van der Waals surface area contributed by atoms with Crippen molar-refractivity contribution in [3.8, 4) is 0 Å². The molecule has 1 unspecified atom stereocenters. The van der Waals surface area contributed by atoms with Crippen LogP contribution < -0.4 is 10.6 Å². The molecule has 2 N–H and O–H groups in total. The van der Waals surface area contributed by atoms with Gasteiger partial charge in [0.05, 0.1) is 12.6 Å². The molecule has 0 saturated carbocycles. The zero-order chi connectivity index (χ0) is 16.4. The van der Waals surface area contributed by atoms with E-state index in [4.69, 9.17) is 0 Å². The largest absolute Gasteiger partial charge is 0.382 e. The molecule has 0 bridgehead atoms. The standard InChI is InChI=1S/C16H20F3N3O.ClH/c17-11-1-3-12(4-2-11)21-13-5-7-22(8-6-13)15(23)14-9-16(18,19)10-20-14;/h1-4,13-14,20-21H,5-10H2;1H. The van der Waals surface area contributed by atoms with Gasteiger partial charge in [-0.3, -0.25) is 10.1 Å². The molecule has 2 heterocycles. The summed E-state index contributed by atoms with van der Waals surface area (Å²) < 4.78 is 39.2. The Bertz CT molecular complexity index is 562. The van der Waals surface area contributed by atoms with E-state index in [-0.39, 0.29) is 30.2 Å². The van der Waals surface area contributed by atoms with Crippen molar-refractivity contribution in [3.63, 3.8) is 0 Å². The maximum absolute atomic E-state index is 13.2. The lowest BCUT2D eigenvalue weighted by atomic mass is 10.0. The second kappa shape index (κ2) is 7.61. The van der Waals surface area contributed by atoms with Crippen LogP contribution in [0.15, 0.2) is 24.3 Å². The van der Waals surface area contributed by atoms with Crippen LogP contribution >= 0.6 is 12.4 Å². The van der Waals surface area contributed by atoms with Crippen LogP contribution in [0.3, 0.4) is 0 Å². The minimum absolute atomic E-state index is 0. The minimum atomic E-state index is -2.79. The minimum Gasteiger partial charge on any atom is -0.382 e. The van der Waals surface area contributed by atoms with Crippen LogP contribution in [-0.4, -0.2) is 48.4 Å². The Morgan fingerprint density at radius 3 is 2.38 bits per heavy atom. The summed E-state index contributed by atoms with van der Waals surface area (Å²) in [6.07, 6.45) is 1.07. The lowest BCUT2D eigenvalue weighted by Crippen LogP contribution is -2.48. The smallest absolute Gasteiger partial charge is 0.262 e. The van der Waals surface area contributed by atoms with Crippen LogP contribution in [0.4, 0.5) is 18.9 Å². The molecule has 24 heavy (non-hydrogen) atoms. The van der Waals surface area contributed by atoms with Crippen LogP contribution in [0.2, 0.25) is 0 Å². The number of likely N-dealkylation sites (tertiary alicyclic amines) is 1. The average molecular weight is 364 g/mol. The number of rotatable bonds is 3.